The highest BCUT2D eigenvalue weighted by Crippen LogP contribution is 2.58. The Labute approximate surface area is 189 Å². The summed E-state index contributed by atoms with van der Waals surface area (Å²) in [6, 6.07) is 14.1. The van der Waals surface area contributed by atoms with Crippen LogP contribution in [-0.4, -0.2) is 35.1 Å². The van der Waals surface area contributed by atoms with E-state index >= 15 is 0 Å². The molecule has 4 rings (SSSR count). The summed E-state index contributed by atoms with van der Waals surface area (Å²) in [5.41, 5.74) is -5.62. The van der Waals surface area contributed by atoms with Gasteiger partial charge in [0.2, 0.25) is 5.90 Å². The molecule has 11 heteroatoms. The molecule has 0 amide bonds. The van der Waals surface area contributed by atoms with Crippen LogP contribution in [-0.2, 0) is 10.3 Å². The average molecular weight is 481 g/mol. The SMILES string of the molecule is COc1ccc(C=CC2=Nc3c(c(C)nn3-c3ccccc3)C(C(F)(F)F)(C(F)(F)F)O2)cc1. The number of rotatable bonds is 4. The Morgan fingerprint density at radius 3 is 2.09 bits per heavy atom. The molecule has 0 saturated heterocycles. The van der Waals surface area contributed by atoms with Gasteiger partial charge in [0.1, 0.15) is 5.75 Å². The fraction of sp³-hybridized carbons (Fsp3) is 0.217. The Morgan fingerprint density at radius 1 is 0.912 bits per heavy atom. The maximum atomic E-state index is 14.2. The molecule has 0 fully saturated rings. The van der Waals surface area contributed by atoms with E-state index in [1.54, 1.807) is 42.5 Å². The van der Waals surface area contributed by atoms with Crippen molar-refractivity contribution in [3.8, 4) is 11.4 Å². The third-order valence-electron chi connectivity index (χ3n) is 5.20. The average Bonchev–Trinajstić information content (AvgIpc) is 3.13. The van der Waals surface area contributed by atoms with Crippen LogP contribution in [0, 0.1) is 6.92 Å². The second-order valence-corrected chi connectivity index (χ2v) is 7.37. The monoisotopic (exact) mass is 481 g/mol. The lowest BCUT2D eigenvalue weighted by Gasteiger charge is -2.39. The molecular weight excluding hydrogens is 464 g/mol. The molecule has 1 aromatic heterocycles. The summed E-state index contributed by atoms with van der Waals surface area (Å²) in [5.74, 6) is -0.947. The first kappa shape index (κ1) is 23.4. The Hall–Kier alpha value is -3.76. The van der Waals surface area contributed by atoms with Gasteiger partial charge in [-0.1, -0.05) is 30.3 Å². The molecule has 5 nitrogen and oxygen atoms in total. The molecule has 2 heterocycles. The molecule has 1 aliphatic heterocycles. The van der Waals surface area contributed by atoms with Crippen molar-refractivity contribution >= 4 is 17.8 Å². The molecule has 0 unspecified atom stereocenters. The van der Waals surface area contributed by atoms with Crippen LogP contribution in [0.2, 0.25) is 0 Å². The van der Waals surface area contributed by atoms with Gasteiger partial charge in [0.25, 0.3) is 0 Å². The van der Waals surface area contributed by atoms with E-state index in [1.807, 2.05) is 0 Å². The summed E-state index contributed by atoms with van der Waals surface area (Å²) in [6.07, 6.45) is -9.47. The molecular formula is C23H17F6N3O2. The number of aryl methyl sites for hydroxylation is 1. The first-order valence-corrected chi connectivity index (χ1v) is 9.87. The van der Waals surface area contributed by atoms with E-state index in [0.717, 1.165) is 17.7 Å². The van der Waals surface area contributed by atoms with Crippen LogP contribution >= 0.6 is 0 Å². The van der Waals surface area contributed by atoms with Gasteiger partial charge in [-0.25, -0.2) is 4.68 Å². The van der Waals surface area contributed by atoms with E-state index < -0.39 is 40.9 Å². The molecule has 1 aliphatic rings. The van der Waals surface area contributed by atoms with E-state index in [0.29, 0.717) is 11.3 Å². The largest absolute Gasteiger partial charge is 0.497 e. The van der Waals surface area contributed by atoms with Crippen molar-refractivity contribution in [1.29, 1.82) is 0 Å². The van der Waals surface area contributed by atoms with Crippen LogP contribution in [0.25, 0.3) is 11.8 Å². The molecule has 34 heavy (non-hydrogen) atoms. The predicted octanol–water partition coefficient (Wildman–Crippen LogP) is 6.28. The van der Waals surface area contributed by atoms with Gasteiger partial charge in [0, 0.05) is 6.08 Å². The van der Waals surface area contributed by atoms with Crippen LogP contribution < -0.4 is 4.74 Å². The maximum absolute atomic E-state index is 14.2. The van der Waals surface area contributed by atoms with Crippen LogP contribution in [0.4, 0.5) is 32.2 Å². The smallest absolute Gasteiger partial charge is 0.442 e. The molecule has 0 radical (unpaired) electrons. The van der Waals surface area contributed by atoms with Gasteiger partial charge in [-0.15, -0.1) is 0 Å². The molecule has 3 aromatic rings. The van der Waals surface area contributed by atoms with Gasteiger partial charge in [-0.3, -0.25) is 0 Å². The number of benzene rings is 2. The van der Waals surface area contributed by atoms with E-state index in [2.05, 4.69) is 14.8 Å². The van der Waals surface area contributed by atoms with Crippen molar-refractivity contribution in [2.24, 2.45) is 4.99 Å². The lowest BCUT2D eigenvalue weighted by atomic mass is 9.90. The van der Waals surface area contributed by atoms with Gasteiger partial charge in [-0.05, 0) is 42.8 Å². The van der Waals surface area contributed by atoms with Crippen LogP contribution in [0.3, 0.4) is 0 Å². The number of hydrogen-bond acceptors (Lipinski definition) is 4. The van der Waals surface area contributed by atoms with Crippen molar-refractivity contribution in [1.82, 2.24) is 9.78 Å². The highest BCUT2D eigenvalue weighted by molar-refractivity contribution is 5.95. The summed E-state index contributed by atoms with van der Waals surface area (Å²) < 4.78 is 95.9. The maximum Gasteiger partial charge on any atom is 0.442 e. The second-order valence-electron chi connectivity index (χ2n) is 7.37. The highest BCUT2D eigenvalue weighted by atomic mass is 19.4. The number of aromatic nitrogens is 2. The second kappa shape index (κ2) is 8.23. The first-order valence-electron chi connectivity index (χ1n) is 9.87. The van der Waals surface area contributed by atoms with Gasteiger partial charge >= 0.3 is 18.0 Å². The number of halogens is 6. The molecule has 0 bridgehead atoms. The third kappa shape index (κ3) is 3.80. The summed E-state index contributed by atoms with van der Waals surface area (Å²) in [4.78, 5) is 4.00. The Morgan fingerprint density at radius 2 is 1.53 bits per heavy atom. The summed E-state index contributed by atoms with van der Waals surface area (Å²) in [5, 5.41) is 3.95. The lowest BCUT2D eigenvalue weighted by molar-refractivity contribution is -0.370. The summed E-state index contributed by atoms with van der Waals surface area (Å²) in [6.45, 7) is 1.06. The minimum Gasteiger partial charge on any atom is -0.497 e. The Balaban J connectivity index is 1.93. The zero-order valence-corrected chi connectivity index (χ0v) is 17.8. The van der Waals surface area contributed by atoms with Gasteiger partial charge in [0.05, 0.1) is 24.1 Å². The van der Waals surface area contributed by atoms with Gasteiger partial charge < -0.3 is 9.47 Å². The van der Waals surface area contributed by atoms with Crippen LogP contribution in [0.5, 0.6) is 5.75 Å². The zero-order chi connectivity index (χ0) is 24.7. The molecule has 0 N–H and O–H groups in total. The molecule has 0 atom stereocenters. The van der Waals surface area contributed by atoms with E-state index in [9.17, 15) is 26.3 Å². The van der Waals surface area contributed by atoms with Crippen molar-refractivity contribution in [2.45, 2.75) is 24.9 Å². The summed E-state index contributed by atoms with van der Waals surface area (Å²) in [7, 11) is 1.46. The van der Waals surface area contributed by atoms with Crippen molar-refractivity contribution < 1.29 is 35.8 Å². The Bertz CT molecular complexity index is 1230. The zero-order valence-electron chi connectivity index (χ0n) is 17.8. The van der Waals surface area contributed by atoms with Crippen LogP contribution in [0.1, 0.15) is 16.8 Å². The summed E-state index contributed by atoms with van der Waals surface area (Å²) >= 11 is 0. The normalized spacial score (nSPS) is 15.6. The van der Waals surface area contributed by atoms with Crippen molar-refractivity contribution in [3.05, 3.63) is 77.5 Å². The molecule has 0 spiro atoms. The minimum atomic E-state index is -5.86. The van der Waals surface area contributed by atoms with E-state index in [4.69, 9.17) is 4.74 Å². The highest BCUT2D eigenvalue weighted by Gasteiger charge is 2.77. The molecule has 0 saturated carbocycles. The van der Waals surface area contributed by atoms with Gasteiger partial charge in [0.15, 0.2) is 5.82 Å². The van der Waals surface area contributed by atoms with Crippen molar-refractivity contribution in [2.75, 3.05) is 7.11 Å². The van der Waals surface area contributed by atoms with Crippen LogP contribution in [0.15, 0.2) is 65.7 Å². The lowest BCUT2D eigenvalue weighted by Crippen LogP contribution is -2.57. The fourth-order valence-electron chi connectivity index (χ4n) is 3.63. The number of fused-ring (bicyclic) bond motifs is 1. The Kier molecular flexibility index (Phi) is 5.66. The van der Waals surface area contributed by atoms with E-state index in [-0.39, 0.29) is 5.69 Å². The standard InChI is InChI=1S/C23H17F6N3O2/c1-14-19-20(32(31-14)16-6-4-3-5-7-16)30-18(13-10-15-8-11-17(33-2)12-9-15)34-21(19,22(24,25)26)23(27,28)29/h3-13H,1-2H3. The number of nitrogens with zero attached hydrogens (tertiary/aromatic N) is 3. The van der Waals surface area contributed by atoms with Crippen molar-refractivity contribution in [3.63, 3.8) is 0 Å². The van der Waals surface area contributed by atoms with E-state index in [1.165, 1.54) is 25.3 Å². The number of para-hydroxylation sites is 1. The molecule has 2 aromatic carbocycles. The first-order chi connectivity index (χ1) is 16.0. The minimum absolute atomic E-state index is 0.245. The number of alkyl halides is 6. The quantitative estimate of drug-likeness (QED) is 0.412. The van der Waals surface area contributed by atoms with Gasteiger partial charge in [-0.2, -0.15) is 36.4 Å². The number of methoxy groups -OCH3 is 1. The third-order valence-corrected chi connectivity index (χ3v) is 5.20. The molecule has 178 valence electrons. The number of aliphatic imine (C=N–C) groups is 1. The number of ether oxygens (including phenoxy) is 2. The predicted molar refractivity (Wildman–Crippen MR) is 112 cm³/mol. The molecule has 0 aliphatic carbocycles. The number of hydrogen-bond donors (Lipinski definition) is 0. The topological polar surface area (TPSA) is 48.6 Å². The fourth-order valence-corrected chi connectivity index (χ4v) is 3.63.